The van der Waals surface area contributed by atoms with Crippen LogP contribution in [0.25, 0.3) is 0 Å². The Hall–Kier alpha value is -0.0951. The van der Waals surface area contributed by atoms with Gasteiger partial charge >= 0.3 is 7.12 Å². The summed E-state index contributed by atoms with van der Waals surface area (Å²) in [6.45, 7) is 7.91. The Balaban J connectivity index is 0.000000224. The second kappa shape index (κ2) is 5.72. The molecule has 0 aromatic carbocycles. The summed E-state index contributed by atoms with van der Waals surface area (Å²) in [5.41, 5.74) is -1.79. The molecule has 0 aromatic rings. The number of rotatable bonds is 3. The molecule has 0 aromatic heterocycles. The third-order valence-electron chi connectivity index (χ3n) is 5.31. The van der Waals surface area contributed by atoms with Crippen LogP contribution in [-0.2, 0) is 0 Å². The summed E-state index contributed by atoms with van der Waals surface area (Å²) in [6.07, 6.45) is 5.03. The van der Waals surface area contributed by atoms with Crippen molar-refractivity contribution in [3.63, 3.8) is 0 Å². The summed E-state index contributed by atoms with van der Waals surface area (Å²) in [5.74, 6) is 0.614. The zero-order chi connectivity index (χ0) is 14.9. The molecule has 3 unspecified atom stereocenters. The summed E-state index contributed by atoms with van der Waals surface area (Å²) in [7, 11) is -1.10. The highest BCUT2D eigenvalue weighted by Gasteiger charge is 2.69. The van der Waals surface area contributed by atoms with Crippen molar-refractivity contribution < 1.29 is 20.3 Å². The molecule has 3 aliphatic rings. The largest absolute Gasteiger partial charge is 0.451 e. The summed E-state index contributed by atoms with van der Waals surface area (Å²) < 4.78 is 0. The Morgan fingerprint density at radius 1 is 1.16 bits per heavy atom. The first-order valence-corrected chi connectivity index (χ1v) is 7.39. The van der Waals surface area contributed by atoms with Gasteiger partial charge in [-0.15, -0.1) is 0 Å². The van der Waals surface area contributed by atoms with Crippen LogP contribution in [0.2, 0.25) is 6.32 Å². The van der Waals surface area contributed by atoms with Gasteiger partial charge in [-0.2, -0.15) is 0 Å². The fourth-order valence-electron chi connectivity index (χ4n) is 3.51. The molecule has 19 heavy (non-hydrogen) atoms. The van der Waals surface area contributed by atoms with E-state index in [0.29, 0.717) is 12.2 Å². The molecule has 3 rings (SSSR count). The van der Waals surface area contributed by atoms with Crippen LogP contribution in [0.5, 0.6) is 0 Å². The van der Waals surface area contributed by atoms with E-state index in [0.717, 1.165) is 32.1 Å². The third kappa shape index (κ3) is 2.99. The van der Waals surface area contributed by atoms with E-state index in [1.165, 1.54) is 0 Å². The SMILES string of the molecule is CC1(O)CCC2CC1(O)C2(C)C.CCCCB(O)O. The molecule has 0 heterocycles. The fourth-order valence-corrected chi connectivity index (χ4v) is 3.51. The first-order chi connectivity index (χ1) is 8.58. The zero-order valence-corrected chi connectivity index (χ0v) is 12.7. The van der Waals surface area contributed by atoms with Crippen molar-refractivity contribution in [2.24, 2.45) is 11.3 Å². The van der Waals surface area contributed by atoms with E-state index in [4.69, 9.17) is 10.0 Å². The summed E-state index contributed by atoms with van der Waals surface area (Å²) in [4.78, 5) is 0. The van der Waals surface area contributed by atoms with E-state index < -0.39 is 18.3 Å². The van der Waals surface area contributed by atoms with Crippen molar-refractivity contribution in [2.45, 2.75) is 77.3 Å². The Morgan fingerprint density at radius 3 is 2.00 bits per heavy atom. The highest BCUT2D eigenvalue weighted by Crippen LogP contribution is 2.65. The summed E-state index contributed by atoms with van der Waals surface area (Å²) in [5, 5.41) is 36.7. The van der Waals surface area contributed by atoms with Gasteiger partial charge < -0.3 is 20.3 Å². The average molecular weight is 272 g/mol. The standard InChI is InChI=1S/C10H18O2.C4H11BO2/c1-8(2)7-4-5-9(3,11)10(8,12)6-7;1-2-3-4-5(6)7/h7,11-12H,4-6H2,1-3H3;6-7H,2-4H2,1H3. The van der Waals surface area contributed by atoms with Gasteiger partial charge in [0.25, 0.3) is 0 Å². The lowest BCUT2D eigenvalue weighted by Crippen LogP contribution is -2.74. The van der Waals surface area contributed by atoms with E-state index in [2.05, 4.69) is 13.8 Å². The molecule has 112 valence electrons. The monoisotopic (exact) mass is 272 g/mol. The van der Waals surface area contributed by atoms with Crippen LogP contribution >= 0.6 is 0 Å². The topological polar surface area (TPSA) is 80.9 Å². The summed E-state index contributed by atoms with van der Waals surface area (Å²) >= 11 is 0. The van der Waals surface area contributed by atoms with Crippen molar-refractivity contribution in [1.82, 2.24) is 0 Å². The van der Waals surface area contributed by atoms with Crippen LogP contribution in [-0.4, -0.2) is 38.6 Å². The number of aliphatic hydroxyl groups is 2. The van der Waals surface area contributed by atoms with Gasteiger partial charge in [-0.25, -0.2) is 0 Å². The zero-order valence-electron chi connectivity index (χ0n) is 12.7. The maximum Gasteiger partial charge on any atom is 0.451 e. The van der Waals surface area contributed by atoms with Gasteiger partial charge in [-0.1, -0.05) is 33.6 Å². The average Bonchev–Trinajstić information content (AvgIpc) is 2.30. The highest BCUT2D eigenvalue weighted by molar-refractivity contribution is 6.40. The van der Waals surface area contributed by atoms with Crippen molar-refractivity contribution in [3.05, 3.63) is 0 Å². The number of hydrogen-bond acceptors (Lipinski definition) is 4. The van der Waals surface area contributed by atoms with Crippen molar-refractivity contribution in [2.75, 3.05) is 0 Å². The molecule has 0 spiro atoms. The lowest BCUT2D eigenvalue weighted by molar-refractivity contribution is -0.312. The minimum absolute atomic E-state index is 0.0885. The van der Waals surface area contributed by atoms with E-state index in [1.54, 1.807) is 6.92 Å². The van der Waals surface area contributed by atoms with Crippen LogP contribution in [0, 0.1) is 11.3 Å². The van der Waals surface area contributed by atoms with E-state index in [9.17, 15) is 10.2 Å². The number of fused-ring (bicyclic) bond motifs is 2. The molecule has 3 fully saturated rings. The maximum atomic E-state index is 10.2. The second-order valence-electron chi connectivity index (χ2n) is 6.92. The Bertz CT molecular complexity index is 294. The van der Waals surface area contributed by atoms with Crippen molar-refractivity contribution >= 4 is 7.12 Å². The van der Waals surface area contributed by atoms with Crippen LogP contribution in [0.4, 0.5) is 0 Å². The Kier molecular flexibility index (Phi) is 5.11. The molecule has 0 amide bonds. The van der Waals surface area contributed by atoms with Gasteiger partial charge in [0.15, 0.2) is 0 Å². The van der Waals surface area contributed by atoms with Crippen LogP contribution in [0.3, 0.4) is 0 Å². The van der Waals surface area contributed by atoms with Gasteiger partial charge in [0.2, 0.25) is 0 Å². The van der Waals surface area contributed by atoms with Gasteiger partial charge in [0, 0.05) is 0 Å². The molecule has 3 saturated carbocycles. The smallest absolute Gasteiger partial charge is 0.427 e. The van der Waals surface area contributed by atoms with Gasteiger partial charge in [0.05, 0.1) is 11.2 Å². The van der Waals surface area contributed by atoms with Gasteiger partial charge in [-0.3, -0.25) is 0 Å². The normalized spacial score (nSPS) is 38.8. The quantitative estimate of drug-likeness (QED) is 0.588. The lowest BCUT2D eigenvalue weighted by Gasteiger charge is -2.68. The lowest BCUT2D eigenvalue weighted by atomic mass is 9.41. The Labute approximate surface area is 117 Å². The van der Waals surface area contributed by atoms with Crippen LogP contribution in [0.1, 0.15) is 59.8 Å². The van der Waals surface area contributed by atoms with Crippen molar-refractivity contribution in [1.29, 1.82) is 0 Å². The molecular weight excluding hydrogens is 243 g/mol. The number of hydrogen-bond donors (Lipinski definition) is 4. The molecule has 4 nitrogen and oxygen atoms in total. The molecule has 4 N–H and O–H groups in total. The van der Waals surface area contributed by atoms with Crippen molar-refractivity contribution in [3.8, 4) is 0 Å². The van der Waals surface area contributed by atoms with Crippen LogP contribution < -0.4 is 0 Å². The highest BCUT2D eigenvalue weighted by atomic mass is 16.4. The van der Waals surface area contributed by atoms with E-state index in [-0.39, 0.29) is 5.41 Å². The molecule has 0 saturated heterocycles. The van der Waals surface area contributed by atoms with Crippen LogP contribution in [0.15, 0.2) is 0 Å². The molecular formula is C14H29BO4. The molecule has 0 radical (unpaired) electrons. The molecule has 0 aliphatic heterocycles. The summed E-state index contributed by atoms with van der Waals surface area (Å²) in [6, 6.07) is 0. The first-order valence-electron chi connectivity index (χ1n) is 7.39. The molecule has 5 heteroatoms. The predicted octanol–water partition coefficient (Wildman–Crippen LogP) is 1.57. The Morgan fingerprint density at radius 2 is 1.74 bits per heavy atom. The van der Waals surface area contributed by atoms with E-state index >= 15 is 0 Å². The second-order valence-corrected chi connectivity index (χ2v) is 6.92. The van der Waals surface area contributed by atoms with E-state index in [1.807, 2.05) is 6.92 Å². The fraction of sp³-hybridized carbons (Fsp3) is 1.00. The van der Waals surface area contributed by atoms with Gasteiger partial charge in [-0.05, 0) is 43.8 Å². The molecule has 2 bridgehead atoms. The minimum atomic E-state index is -1.10. The first kappa shape index (κ1) is 17.0. The molecule has 3 aliphatic carbocycles. The number of unbranched alkanes of at least 4 members (excludes halogenated alkanes) is 1. The maximum absolute atomic E-state index is 10.2. The third-order valence-corrected chi connectivity index (χ3v) is 5.31. The van der Waals surface area contributed by atoms with Gasteiger partial charge in [0.1, 0.15) is 0 Å². The molecule has 3 atom stereocenters. The minimum Gasteiger partial charge on any atom is -0.427 e. The predicted molar refractivity (Wildman–Crippen MR) is 76.6 cm³/mol.